The Bertz CT molecular complexity index is 556. The van der Waals surface area contributed by atoms with Crippen molar-refractivity contribution in [1.29, 1.82) is 0 Å². The molecular weight excluding hydrogens is 308 g/mol. The van der Waals surface area contributed by atoms with Crippen molar-refractivity contribution in [2.75, 3.05) is 34.4 Å². The number of sulfonamides is 1. The van der Waals surface area contributed by atoms with Gasteiger partial charge in [-0.05, 0) is 0 Å². The summed E-state index contributed by atoms with van der Waals surface area (Å²) in [6.07, 6.45) is -0.964. The highest BCUT2D eigenvalue weighted by Crippen LogP contribution is 2.24. The number of carbonyl (C=O) groups is 1. The molecule has 0 fully saturated rings. The second-order valence-electron chi connectivity index (χ2n) is 3.87. The van der Waals surface area contributed by atoms with Gasteiger partial charge in [-0.1, -0.05) is 0 Å². The number of hydrogen-bond acceptors (Lipinski definition) is 8. The molecule has 1 N–H and O–H groups in total. The summed E-state index contributed by atoms with van der Waals surface area (Å²) in [4.78, 5) is 15.2. The van der Waals surface area contributed by atoms with E-state index in [4.69, 9.17) is 4.74 Å². The lowest BCUT2D eigenvalue weighted by Gasteiger charge is -2.19. The maximum atomic E-state index is 12.3. The molecule has 0 saturated heterocycles. The summed E-state index contributed by atoms with van der Waals surface area (Å²) < 4.78 is 34.6. The number of aliphatic hydroxyl groups excluding tert-OH is 1. The summed E-state index contributed by atoms with van der Waals surface area (Å²) in [6.45, 7) is -0.152. The molecule has 1 rings (SSSR count). The van der Waals surface area contributed by atoms with Gasteiger partial charge < -0.3 is 14.6 Å². The van der Waals surface area contributed by atoms with Gasteiger partial charge >= 0.3 is 5.97 Å². The first-order valence-corrected chi connectivity index (χ1v) is 7.81. The van der Waals surface area contributed by atoms with Crippen molar-refractivity contribution in [3.63, 3.8) is 0 Å². The number of nitrogens with zero attached hydrogens (tertiary/aromatic N) is 2. The summed E-state index contributed by atoms with van der Waals surface area (Å²) in [5.74, 6) is -0.823. The van der Waals surface area contributed by atoms with Crippen LogP contribution in [-0.4, -0.2) is 69.3 Å². The quantitative estimate of drug-likeness (QED) is 0.678. The van der Waals surface area contributed by atoms with Crippen molar-refractivity contribution in [3.05, 3.63) is 11.2 Å². The number of aromatic nitrogens is 1. The Kier molecular flexibility index (Phi) is 6.02. The zero-order valence-electron chi connectivity index (χ0n) is 11.3. The van der Waals surface area contributed by atoms with Crippen molar-refractivity contribution in [2.45, 2.75) is 10.3 Å². The van der Waals surface area contributed by atoms with Crippen molar-refractivity contribution in [1.82, 2.24) is 9.29 Å². The normalized spacial score (nSPS) is 13.4. The molecule has 1 heterocycles. The second-order valence-corrected chi connectivity index (χ2v) is 6.97. The van der Waals surface area contributed by atoms with Crippen LogP contribution in [0.5, 0.6) is 0 Å². The van der Waals surface area contributed by atoms with Crippen LogP contribution >= 0.6 is 11.3 Å². The molecule has 1 aromatic heterocycles. The predicted octanol–water partition coefficient (Wildman–Crippen LogP) is -0.443. The van der Waals surface area contributed by atoms with E-state index in [0.717, 1.165) is 22.8 Å². The van der Waals surface area contributed by atoms with E-state index in [0.29, 0.717) is 0 Å². The Hall–Kier alpha value is -1.07. The van der Waals surface area contributed by atoms with Crippen molar-refractivity contribution in [3.8, 4) is 0 Å². The smallest absolute Gasteiger partial charge is 0.358 e. The van der Waals surface area contributed by atoms with Crippen LogP contribution in [-0.2, 0) is 19.5 Å². The molecule has 0 radical (unpaired) electrons. The molecule has 1 unspecified atom stereocenters. The average molecular weight is 324 g/mol. The zero-order chi connectivity index (χ0) is 15.3. The average Bonchev–Trinajstić information content (AvgIpc) is 2.87. The topological polar surface area (TPSA) is 106 Å². The van der Waals surface area contributed by atoms with Gasteiger partial charge in [0.15, 0.2) is 9.90 Å². The van der Waals surface area contributed by atoms with E-state index in [2.05, 4.69) is 9.72 Å². The first-order valence-electron chi connectivity index (χ1n) is 5.49. The van der Waals surface area contributed by atoms with Gasteiger partial charge in [0.25, 0.3) is 10.0 Å². The third kappa shape index (κ3) is 3.73. The summed E-state index contributed by atoms with van der Waals surface area (Å²) >= 11 is 0.815. The van der Waals surface area contributed by atoms with Gasteiger partial charge in [-0.25, -0.2) is 18.2 Å². The van der Waals surface area contributed by atoms with Crippen molar-refractivity contribution < 1.29 is 27.8 Å². The Balaban J connectivity index is 2.99. The molecule has 20 heavy (non-hydrogen) atoms. The van der Waals surface area contributed by atoms with Crippen molar-refractivity contribution >= 4 is 27.3 Å². The number of thiazole rings is 1. The van der Waals surface area contributed by atoms with Gasteiger partial charge in [0.1, 0.15) is 0 Å². The fraction of sp³-hybridized carbons (Fsp3) is 0.600. The minimum Gasteiger partial charge on any atom is -0.464 e. The Morgan fingerprint density at radius 1 is 1.55 bits per heavy atom. The molecular formula is C10H16N2O6S2. The summed E-state index contributed by atoms with van der Waals surface area (Å²) in [6, 6.07) is 0. The molecule has 1 aromatic rings. The molecule has 1 atom stereocenters. The molecule has 0 aliphatic heterocycles. The number of rotatable bonds is 7. The lowest BCUT2D eigenvalue weighted by Crippen LogP contribution is -2.36. The molecule has 0 saturated carbocycles. The van der Waals surface area contributed by atoms with Crippen molar-refractivity contribution in [2.24, 2.45) is 0 Å². The second kappa shape index (κ2) is 7.09. The largest absolute Gasteiger partial charge is 0.464 e. The standard InChI is InChI=1S/C10H16N2O6S2/c1-12(4-7(13)5-17-2)20(15,16)10-8(9(14)18-3)11-6-19-10/h6-7,13H,4-5H2,1-3H3. The van der Waals surface area contributed by atoms with Crippen LogP contribution in [0.4, 0.5) is 0 Å². The maximum absolute atomic E-state index is 12.3. The zero-order valence-corrected chi connectivity index (χ0v) is 12.9. The number of aliphatic hydroxyl groups is 1. The van der Waals surface area contributed by atoms with E-state index in [9.17, 15) is 18.3 Å². The number of esters is 1. The monoisotopic (exact) mass is 324 g/mol. The summed E-state index contributed by atoms with van der Waals surface area (Å²) in [5, 5.41) is 9.57. The molecule has 0 amide bonds. The van der Waals surface area contributed by atoms with E-state index >= 15 is 0 Å². The van der Waals surface area contributed by atoms with Crippen LogP contribution in [0.15, 0.2) is 9.72 Å². The highest BCUT2D eigenvalue weighted by Gasteiger charge is 2.31. The van der Waals surface area contributed by atoms with Gasteiger partial charge in [-0.15, -0.1) is 11.3 Å². The number of carbonyl (C=O) groups excluding carboxylic acids is 1. The third-order valence-corrected chi connectivity index (χ3v) is 5.56. The van der Waals surface area contributed by atoms with Gasteiger partial charge in [0.05, 0.1) is 25.3 Å². The van der Waals surface area contributed by atoms with Crippen LogP contribution in [0.2, 0.25) is 0 Å². The number of hydrogen-bond donors (Lipinski definition) is 1. The van der Waals surface area contributed by atoms with Gasteiger partial charge in [-0.2, -0.15) is 4.31 Å². The molecule has 0 aliphatic rings. The molecule has 8 nitrogen and oxygen atoms in total. The molecule has 10 heteroatoms. The van der Waals surface area contributed by atoms with Gasteiger partial charge in [-0.3, -0.25) is 0 Å². The first kappa shape index (κ1) is 17.0. The fourth-order valence-corrected chi connectivity index (χ4v) is 3.96. The highest BCUT2D eigenvalue weighted by atomic mass is 32.2. The molecule has 114 valence electrons. The van der Waals surface area contributed by atoms with E-state index in [-0.39, 0.29) is 23.1 Å². The van der Waals surface area contributed by atoms with E-state index in [1.165, 1.54) is 19.7 Å². The Morgan fingerprint density at radius 3 is 2.75 bits per heavy atom. The van der Waals surface area contributed by atoms with E-state index < -0.39 is 22.1 Å². The molecule has 0 aliphatic carbocycles. The van der Waals surface area contributed by atoms with Crippen LogP contribution in [0.3, 0.4) is 0 Å². The van der Waals surface area contributed by atoms with Crippen LogP contribution in [0, 0.1) is 0 Å². The van der Waals surface area contributed by atoms with E-state index in [1.54, 1.807) is 0 Å². The summed E-state index contributed by atoms with van der Waals surface area (Å²) in [5.41, 5.74) is 0.990. The lowest BCUT2D eigenvalue weighted by molar-refractivity contribution is 0.0553. The minimum absolute atomic E-state index is 0.00636. The minimum atomic E-state index is -3.92. The number of ether oxygens (including phenoxy) is 2. The Morgan fingerprint density at radius 2 is 2.20 bits per heavy atom. The number of likely N-dealkylation sites (N-methyl/N-ethyl adjacent to an activating group) is 1. The molecule has 0 spiro atoms. The van der Waals surface area contributed by atoms with Crippen LogP contribution < -0.4 is 0 Å². The summed E-state index contributed by atoms with van der Waals surface area (Å²) in [7, 11) is -0.0792. The van der Waals surface area contributed by atoms with E-state index in [1.807, 2.05) is 0 Å². The third-order valence-electron chi connectivity index (χ3n) is 2.39. The first-order chi connectivity index (χ1) is 9.34. The highest BCUT2D eigenvalue weighted by molar-refractivity contribution is 7.91. The van der Waals surface area contributed by atoms with Crippen LogP contribution in [0.1, 0.15) is 10.5 Å². The van der Waals surface area contributed by atoms with Crippen LogP contribution in [0.25, 0.3) is 0 Å². The SMILES string of the molecule is COCC(O)CN(C)S(=O)(=O)c1scnc1C(=O)OC. The molecule has 0 aromatic carbocycles. The molecule has 0 bridgehead atoms. The fourth-order valence-electron chi connectivity index (χ4n) is 1.43. The number of methoxy groups -OCH3 is 2. The van der Waals surface area contributed by atoms with Gasteiger partial charge in [0.2, 0.25) is 0 Å². The maximum Gasteiger partial charge on any atom is 0.358 e. The Labute approximate surface area is 121 Å². The predicted molar refractivity (Wildman–Crippen MR) is 71.2 cm³/mol. The van der Waals surface area contributed by atoms with Gasteiger partial charge in [0, 0.05) is 20.7 Å². The lowest BCUT2D eigenvalue weighted by atomic mass is 10.4.